The van der Waals surface area contributed by atoms with E-state index in [9.17, 15) is 0 Å². The van der Waals surface area contributed by atoms with Crippen molar-refractivity contribution in [3.63, 3.8) is 0 Å². The smallest absolute Gasteiger partial charge is 0.161 e. The Balaban J connectivity index is 0.000000101. The van der Waals surface area contributed by atoms with E-state index in [2.05, 4.69) is 396 Å². The molecule has 0 N–H and O–H groups in total. The fraction of sp³-hybridized carbons (Fsp3) is 0. The van der Waals surface area contributed by atoms with E-state index in [1.165, 1.54) is 0 Å². The van der Waals surface area contributed by atoms with Crippen LogP contribution in [0, 0.1) is 0 Å². The van der Waals surface area contributed by atoms with Gasteiger partial charge in [0.05, 0.1) is 16.6 Å². The van der Waals surface area contributed by atoms with Gasteiger partial charge in [-0.05, 0) is 196 Å². The van der Waals surface area contributed by atoms with Gasteiger partial charge in [0.25, 0.3) is 0 Å². The minimum atomic E-state index is 0.895. The van der Waals surface area contributed by atoms with Crippen LogP contribution in [0.2, 0.25) is 0 Å². The Kier molecular flexibility index (Phi) is 15.8. The van der Waals surface area contributed by atoms with Gasteiger partial charge in [-0.3, -0.25) is 0 Å². The van der Waals surface area contributed by atoms with Gasteiger partial charge in [0.2, 0.25) is 0 Å². The maximum Gasteiger partial charge on any atom is 0.161 e. The molecule has 0 radical (unpaired) electrons. The summed E-state index contributed by atoms with van der Waals surface area (Å²) in [5, 5.41) is 13.5. The maximum absolute atomic E-state index is 6.77. The minimum Gasteiger partial charge on any atom is -0.456 e. The highest BCUT2D eigenvalue weighted by Gasteiger charge is 2.27. The van der Waals surface area contributed by atoms with E-state index in [0.29, 0.717) is 0 Å². The van der Waals surface area contributed by atoms with Crippen molar-refractivity contribution in [3.8, 4) is 83.8 Å². The lowest BCUT2D eigenvalue weighted by Gasteiger charge is -2.09. The van der Waals surface area contributed by atoms with Crippen molar-refractivity contribution in [2.45, 2.75) is 0 Å². The number of hydrogen-bond acceptors (Lipinski definition) is 6. The van der Waals surface area contributed by atoms with Crippen LogP contribution >= 0.6 is 0 Å². The third-order valence-corrected chi connectivity index (χ3v) is 24.6. The largest absolute Gasteiger partial charge is 0.456 e. The van der Waals surface area contributed by atoms with Crippen molar-refractivity contribution < 1.29 is 26.5 Å². The molecule has 123 heavy (non-hydrogen) atoms. The molecule has 0 fully saturated rings. The Labute approximate surface area is 702 Å². The van der Waals surface area contributed by atoms with Crippen molar-refractivity contribution in [2.24, 2.45) is 0 Å². The Morgan fingerprint density at radius 3 is 0.846 bits per heavy atom. The van der Waals surface area contributed by atoms with Crippen LogP contribution in [0.3, 0.4) is 0 Å². The average molecular weight is 1580 g/mol. The summed E-state index contributed by atoms with van der Waals surface area (Å²) >= 11 is 0. The second-order valence-electron chi connectivity index (χ2n) is 31.6. The van der Waals surface area contributed by atoms with Crippen LogP contribution in [0.1, 0.15) is 0 Å². The van der Waals surface area contributed by atoms with Crippen LogP contribution in [-0.4, -0.2) is 13.7 Å². The molecule has 0 saturated heterocycles. The fourth-order valence-corrected chi connectivity index (χ4v) is 19.1. The van der Waals surface area contributed by atoms with E-state index < -0.39 is 0 Å². The van der Waals surface area contributed by atoms with E-state index in [1.807, 2.05) is 36.4 Å². The molecule has 9 heteroatoms. The van der Waals surface area contributed by atoms with Gasteiger partial charge in [0, 0.05) is 104 Å². The predicted molar refractivity (Wildman–Crippen MR) is 506 cm³/mol. The molecular weight excluding hydrogens is 1510 g/mol. The molecule has 0 aliphatic rings. The van der Waals surface area contributed by atoms with Crippen molar-refractivity contribution in [2.75, 3.05) is 0 Å². The zero-order valence-electron chi connectivity index (χ0n) is 66.1. The highest BCUT2D eigenvalue weighted by atomic mass is 16.4. The molecule has 0 aliphatic heterocycles. The second-order valence-corrected chi connectivity index (χ2v) is 31.6. The summed E-state index contributed by atoms with van der Waals surface area (Å²) in [6.07, 6.45) is 0. The molecule has 27 aromatic rings. The number of fused-ring (bicyclic) bond motifs is 24. The highest BCUT2D eigenvalue weighted by Crippen LogP contribution is 2.49. The van der Waals surface area contributed by atoms with E-state index >= 15 is 0 Å². The average Bonchev–Trinajstić information content (AvgIpc) is 1.57. The van der Waals surface area contributed by atoms with Gasteiger partial charge in [-0.25, -0.2) is 0 Å². The molecule has 27 rings (SSSR count). The van der Waals surface area contributed by atoms with Gasteiger partial charge in [-0.15, -0.1) is 0 Å². The first kappa shape index (κ1) is 69.5. The molecule has 0 saturated carbocycles. The number of benzene rings is 18. The summed E-state index contributed by atoms with van der Waals surface area (Å²) in [6, 6.07) is 146. The first-order valence-electron chi connectivity index (χ1n) is 41.6. The predicted octanol–water partition coefficient (Wildman–Crippen LogP) is 32.3. The van der Waals surface area contributed by atoms with Crippen molar-refractivity contribution >= 4 is 165 Å². The molecule has 18 aromatic carbocycles. The van der Waals surface area contributed by atoms with Gasteiger partial charge in [0.1, 0.15) is 66.8 Å². The van der Waals surface area contributed by atoms with Gasteiger partial charge < -0.3 is 40.2 Å². The molecule has 0 aliphatic carbocycles. The summed E-state index contributed by atoms with van der Waals surface area (Å²) < 4.78 is 45.8. The molecule has 0 amide bonds. The Morgan fingerprint density at radius 1 is 0.138 bits per heavy atom. The monoisotopic (exact) mass is 1580 g/mol. The quantitative estimate of drug-likeness (QED) is 0.143. The molecule has 0 atom stereocenters. The fourth-order valence-electron chi connectivity index (χ4n) is 19.1. The zero-order valence-corrected chi connectivity index (χ0v) is 66.1. The van der Waals surface area contributed by atoms with Crippen LogP contribution in [0.25, 0.3) is 249 Å². The molecule has 0 spiro atoms. The summed E-state index contributed by atoms with van der Waals surface area (Å²) in [5.41, 5.74) is 34.3. The number of aromatic nitrogens is 3. The number of furan rings is 6. The third kappa shape index (κ3) is 11.2. The second kappa shape index (κ2) is 28.0. The molecular formula is C114H69N3O6. The van der Waals surface area contributed by atoms with E-state index in [4.69, 9.17) is 26.5 Å². The van der Waals surface area contributed by atoms with Crippen molar-refractivity contribution in [1.29, 1.82) is 0 Å². The maximum atomic E-state index is 6.77. The minimum absolute atomic E-state index is 0.895. The summed E-state index contributed by atoms with van der Waals surface area (Å²) in [6.45, 7) is 0. The van der Waals surface area contributed by atoms with Crippen LogP contribution in [-0.2, 0) is 0 Å². The SMILES string of the molecule is c1ccc(-n2c3ccccc3c3oc4c(-c5cccc(-c6ccc7c(c6)oc6ccccc67)c5)cccc4c32)cc1.c1ccc(-n2c3ccccc3c3oc4c(-c5cccc(-c6ccc7oc8ccccc8c7c6)c5)cccc4c32)cc1.c1ccc(-n2c3ccccc3c3oc4c(-c5cccc(-c6cccc7c6oc6ccccc67)c5)cccc4c32)cc1. The lowest BCUT2D eigenvalue weighted by Crippen LogP contribution is -1.92. The number of hydrogen-bond donors (Lipinski definition) is 0. The van der Waals surface area contributed by atoms with E-state index in [1.54, 1.807) is 0 Å². The summed E-state index contributed by atoms with van der Waals surface area (Å²) in [7, 11) is 0. The van der Waals surface area contributed by atoms with Crippen LogP contribution < -0.4 is 0 Å². The van der Waals surface area contributed by atoms with Gasteiger partial charge in [-0.2, -0.15) is 0 Å². The standard InChI is InChI=1S/3C38H23NO2/c1-2-13-26(14-3-1)39-33-21-6-4-16-31(33)38-35(39)32-20-10-18-28(37(32)41-38)25-12-8-11-24(23-25)27-17-9-19-30-29-15-5-7-22-34(29)40-36(27)30;1-2-12-27(13-3-1)39-33-18-6-4-15-31(33)38-36(39)32-17-9-16-28(37(32)41-38)26-11-8-10-24(22-26)25-20-21-30-29-14-5-7-19-34(29)40-35(30)23-25;1-2-12-27(13-3-1)39-33-18-6-4-15-30(33)38-36(39)31-17-9-16-28(37(31)41-38)26-11-8-10-24(22-26)25-20-21-35-32(23-25)29-14-5-7-19-34(29)40-35/h3*1-23H. The normalized spacial score (nSPS) is 11.9. The molecule has 0 unspecified atom stereocenters. The summed E-state index contributed by atoms with van der Waals surface area (Å²) in [5.74, 6) is 0. The van der Waals surface area contributed by atoms with E-state index in [0.717, 1.165) is 249 Å². The number of nitrogens with zero attached hydrogens (tertiary/aromatic N) is 3. The zero-order chi connectivity index (χ0) is 80.7. The van der Waals surface area contributed by atoms with Gasteiger partial charge in [-0.1, -0.05) is 267 Å². The Morgan fingerprint density at radius 2 is 0.415 bits per heavy atom. The highest BCUT2D eigenvalue weighted by molar-refractivity contribution is 6.22. The first-order valence-corrected chi connectivity index (χ1v) is 41.6. The van der Waals surface area contributed by atoms with Gasteiger partial charge in [0.15, 0.2) is 16.7 Å². The summed E-state index contributed by atoms with van der Waals surface area (Å²) in [4.78, 5) is 0. The number of rotatable bonds is 9. The van der Waals surface area contributed by atoms with Gasteiger partial charge >= 0.3 is 0 Å². The molecule has 9 aromatic heterocycles. The van der Waals surface area contributed by atoms with Crippen LogP contribution in [0.4, 0.5) is 0 Å². The third-order valence-electron chi connectivity index (χ3n) is 24.6. The lowest BCUT2D eigenvalue weighted by atomic mass is 9.97. The molecule has 0 bridgehead atoms. The first-order chi connectivity index (χ1) is 61.0. The number of para-hydroxylation sites is 13. The van der Waals surface area contributed by atoms with Crippen LogP contribution in [0.5, 0.6) is 0 Å². The topological polar surface area (TPSA) is 93.6 Å². The Hall–Kier alpha value is -16.6. The molecule has 9 heterocycles. The van der Waals surface area contributed by atoms with Crippen molar-refractivity contribution in [1.82, 2.24) is 13.7 Å². The van der Waals surface area contributed by atoms with Crippen LogP contribution in [0.15, 0.2) is 445 Å². The van der Waals surface area contributed by atoms with E-state index in [-0.39, 0.29) is 0 Å². The molecule has 9 nitrogen and oxygen atoms in total. The molecule has 576 valence electrons. The van der Waals surface area contributed by atoms with Crippen molar-refractivity contribution in [3.05, 3.63) is 419 Å². The lowest BCUT2D eigenvalue weighted by molar-refractivity contribution is 0.668. The Bertz CT molecular complexity index is 8890.